The molecule has 0 fully saturated rings. The average molecular weight is 284 g/mol. The van der Waals surface area contributed by atoms with Gasteiger partial charge in [-0.2, -0.15) is 0 Å². The number of halogens is 1. The second-order valence-corrected chi connectivity index (χ2v) is 5.25. The molecule has 0 aliphatic heterocycles. The van der Waals surface area contributed by atoms with Crippen molar-refractivity contribution >= 4 is 15.9 Å². The predicted octanol–water partition coefficient (Wildman–Crippen LogP) is 3.74. The van der Waals surface area contributed by atoms with Gasteiger partial charge in [0.05, 0.1) is 6.61 Å². The van der Waals surface area contributed by atoms with Crippen molar-refractivity contribution in [3.8, 4) is 5.75 Å². The van der Waals surface area contributed by atoms with Crippen molar-refractivity contribution < 1.29 is 4.74 Å². The maximum Gasteiger partial charge on any atom is 0.123 e. The molecule has 0 amide bonds. The van der Waals surface area contributed by atoms with Crippen LogP contribution in [0.3, 0.4) is 0 Å². The Morgan fingerprint density at radius 1 is 1.38 bits per heavy atom. The molecule has 0 spiro atoms. The number of rotatable bonds is 2. The van der Waals surface area contributed by atoms with Gasteiger partial charge in [-0.1, -0.05) is 22.9 Å². The van der Waals surface area contributed by atoms with E-state index < -0.39 is 0 Å². The van der Waals surface area contributed by atoms with E-state index in [4.69, 9.17) is 10.5 Å². The van der Waals surface area contributed by atoms with Gasteiger partial charge >= 0.3 is 0 Å². The number of benzene rings is 1. The topological polar surface area (TPSA) is 35.2 Å². The number of ether oxygens (including phenoxy) is 1. The summed E-state index contributed by atoms with van der Waals surface area (Å²) in [6, 6.07) is 4.23. The fourth-order valence-corrected chi connectivity index (χ4v) is 3.11. The predicted molar refractivity (Wildman–Crippen MR) is 69.9 cm³/mol. The van der Waals surface area contributed by atoms with Gasteiger partial charge in [-0.15, -0.1) is 0 Å². The van der Waals surface area contributed by atoms with Crippen LogP contribution >= 0.6 is 15.9 Å². The molecule has 0 radical (unpaired) electrons. The van der Waals surface area contributed by atoms with Crippen LogP contribution in [0.25, 0.3) is 0 Å². The van der Waals surface area contributed by atoms with Crippen LogP contribution in [0.4, 0.5) is 0 Å². The zero-order valence-corrected chi connectivity index (χ0v) is 11.4. The van der Waals surface area contributed by atoms with E-state index in [0.29, 0.717) is 12.5 Å². The molecule has 0 heterocycles. The summed E-state index contributed by atoms with van der Waals surface area (Å²) in [5.41, 5.74) is 8.73. The molecule has 2 rings (SSSR count). The van der Waals surface area contributed by atoms with Crippen molar-refractivity contribution in [1.82, 2.24) is 0 Å². The monoisotopic (exact) mass is 283 g/mol. The lowest BCUT2D eigenvalue weighted by atomic mass is 9.81. The highest BCUT2D eigenvalue weighted by Gasteiger charge is 2.27. The summed E-state index contributed by atoms with van der Waals surface area (Å²) in [7, 11) is 0. The second kappa shape index (κ2) is 4.76. The molecular formula is C13H18BrNO. The van der Waals surface area contributed by atoms with E-state index >= 15 is 0 Å². The van der Waals surface area contributed by atoms with Crippen LogP contribution in [0.2, 0.25) is 0 Å². The van der Waals surface area contributed by atoms with Gasteiger partial charge in [0.2, 0.25) is 0 Å². The van der Waals surface area contributed by atoms with Gasteiger partial charge in [0.25, 0.3) is 0 Å². The Morgan fingerprint density at radius 2 is 2.12 bits per heavy atom. The van der Waals surface area contributed by atoms with E-state index in [-0.39, 0.29) is 6.04 Å². The largest absolute Gasteiger partial charge is 0.494 e. The Kier molecular flexibility index (Phi) is 3.55. The van der Waals surface area contributed by atoms with Gasteiger partial charge in [-0.05, 0) is 43.4 Å². The molecule has 1 aromatic carbocycles. The molecule has 1 aromatic rings. The Bertz CT molecular complexity index is 392. The van der Waals surface area contributed by atoms with Crippen molar-refractivity contribution in [2.24, 2.45) is 5.73 Å². The van der Waals surface area contributed by atoms with Gasteiger partial charge in [0.15, 0.2) is 0 Å². The zero-order valence-electron chi connectivity index (χ0n) is 9.79. The van der Waals surface area contributed by atoms with Crippen molar-refractivity contribution in [3.05, 3.63) is 27.7 Å². The lowest BCUT2D eigenvalue weighted by Gasteiger charge is -2.30. The lowest BCUT2D eigenvalue weighted by molar-refractivity contribution is 0.329. The van der Waals surface area contributed by atoms with Gasteiger partial charge in [-0.25, -0.2) is 0 Å². The summed E-state index contributed by atoms with van der Waals surface area (Å²) in [6.07, 6.45) is 2.20. The fourth-order valence-electron chi connectivity index (χ4n) is 2.47. The van der Waals surface area contributed by atoms with Crippen LogP contribution in [0.5, 0.6) is 5.75 Å². The molecule has 2 N–H and O–H groups in total. The SMILES string of the molecule is CCOc1ccc(Br)c2c1C(C)CC[C@H]2N. The van der Waals surface area contributed by atoms with Crippen LogP contribution < -0.4 is 10.5 Å². The first-order valence-electron chi connectivity index (χ1n) is 5.85. The summed E-state index contributed by atoms with van der Waals surface area (Å²) in [5, 5.41) is 0. The van der Waals surface area contributed by atoms with Gasteiger partial charge < -0.3 is 10.5 Å². The normalized spacial score (nSPS) is 24.0. The Morgan fingerprint density at radius 3 is 2.81 bits per heavy atom. The average Bonchev–Trinajstić information content (AvgIpc) is 2.26. The van der Waals surface area contributed by atoms with E-state index in [0.717, 1.165) is 23.1 Å². The highest BCUT2D eigenvalue weighted by atomic mass is 79.9. The van der Waals surface area contributed by atoms with Gasteiger partial charge in [0.1, 0.15) is 5.75 Å². The van der Waals surface area contributed by atoms with Crippen LogP contribution in [0, 0.1) is 0 Å². The van der Waals surface area contributed by atoms with E-state index in [1.807, 2.05) is 19.1 Å². The standard InChI is InChI=1S/C13H18BrNO/c1-3-16-11-7-5-9(14)13-10(15)6-4-8(2)12(11)13/h5,7-8,10H,3-4,6,15H2,1-2H3/t8?,10-/m1/s1. The molecule has 1 aliphatic carbocycles. The minimum atomic E-state index is 0.140. The van der Waals surface area contributed by atoms with E-state index in [1.165, 1.54) is 11.1 Å². The van der Waals surface area contributed by atoms with E-state index in [9.17, 15) is 0 Å². The van der Waals surface area contributed by atoms with Crippen molar-refractivity contribution in [2.75, 3.05) is 6.61 Å². The lowest BCUT2D eigenvalue weighted by Crippen LogP contribution is -2.21. The summed E-state index contributed by atoms with van der Waals surface area (Å²) in [5.74, 6) is 1.54. The molecule has 88 valence electrons. The minimum absolute atomic E-state index is 0.140. The molecule has 1 unspecified atom stereocenters. The molecule has 1 aliphatic rings. The second-order valence-electron chi connectivity index (χ2n) is 4.39. The van der Waals surface area contributed by atoms with Crippen molar-refractivity contribution in [3.63, 3.8) is 0 Å². The van der Waals surface area contributed by atoms with Crippen LogP contribution in [-0.2, 0) is 0 Å². The van der Waals surface area contributed by atoms with Gasteiger partial charge in [-0.3, -0.25) is 0 Å². The molecule has 0 aromatic heterocycles. The molecule has 0 saturated heterocycles. The Balaban J connectivity index is 2.55. The maximum atomic E-state index is 6.19. The van der Waals surface area contributed by atoms with E-state index in [2.05, 4.69) is 22.9 Å². The smallest absolute Gasteiger partial charge is 0.123 e. The molecule has 2 atom stereocenters. The summed E-state index contributed by atoms with van der Waals surface area (Å²) in [6.45, 7) is 4.97. The molecular weight excluding hydrogens is 266 g/mol. The maximum absolute atomic E-state index is 6.19. The summed E-state index contributed by atoms with van der Waals surface area (Å²) in [4.78, 5) is 0. The van der Waals surface area contributed by atoms with Crippen molar-refractivity contribution in [2.45, 2.75) is 38.6 Å². The molecule has 16 heavy (non-hydrogen) atoms. The first-order chi connectivity index (χ1) is 7.65. The quantitative estimate of drug-likeness (QED) is 0.897. The third kappa shape index (κ3) is 1.98. The zero-order chi connectivity index (χ0) is 11.7. The van der Waals surface area contributed by atoms with Crippen LogP contribution in [0.1, 0.15) is 49.8 Å². The number of hydrogen-bond donors (Lipinski definition) is 1. The molecule has 2 nitrogen and oxygen atoms in total. The Hall–Kier alpha value is -0.540. The number of nitrogens with two attached hydrogens (primary N) is 1. The third-order valence-electron chi connectivity index (χ3n) is 3.27. The molecule has 0 bridgehead atoms. The number of fused-ring (bicyclic) bond motifs is 1. The fraction of sp³-hybridized carbons (Fsp3) is 0.538. The summed E-state index contributed by atoms with van der Waals surface area (Å²) >= 11 is 3.60. The van der Waals surface area contributed by atoms with Crippen molar-refractivity contribution in [1.29, 1.82) is 0 Å². The highest BCUT2D eigenvalue weighted by Crippen LogP contribution is 2.44. The Labute approximate surface area is 105 Å². The van der Waals surface area contributed by atoms with Gasteiger partial charge in [0, 0.05) is 16.1 Å². The summed E-state index contributed by atoms with van der Waals surface area (Å²) < 4.78 is 6.82. The third-order valence-corrected chi connectivity index (χ3v) is 3.96. The van der Waals surface area contributed by atoms with Crippen LogP contribution in [-0.4, -0.2) is 6.61 Å². The highest BCUT2D eigenvalue weighted by molar-refractivity contribution is 9.10. The number of hydrogen-bond acceptors (Lipinski definition) is 2. The first-order valence-corrected chi connectivity index (χ1v) is 6.65. The first kappa shape index (κ1) is 11.9. The van der Waals surface area contributed by atoms with E-state index in [1.54, 1.807) is 0 Å². The molecule has 3 heteroatoms. The molecule has 0 saturated carbocycles. The minimum Gasteiger partial charge on any atom is -0.494 e. The van der Waals surface area contributed by atoms with Crippen LogP contribution in [0.15, 0.2) is 16.6 Å².